The zero-order valence-corrected chi connectivity index (χ0v) is 12.7. The van der Waals surface area contributed by atoms with Crippen molar-refractivity contribution >= 4 is 28.4 Å². The summed E-state index contributed by atoms with van der Waals surface area (Å²) < 4.78 is 0. The van der Waals surface area contributed by atoms with E-state index in [0.29, 0.717) is 5.69 Å². The van der Waals surface area contributed by atoms with Gasteiger partial charge in [-0.1, -0.05) is 66.4 Å². The smallest absolute Gasteiger partial charge is 0.223 e. The minimum absolute atomic E-state index is 0.108. The third-order valence-electron chi connectivity index (χ3n) is 3.29. The summed E-state index contributed by atoms with van der Waals surface area (Å²) in [6, 6.07) is 18.1. The second kappa shape index (κ2) is 6.58. The Kier molecular flexibility index (Phi) is 4.34. The van der Waals surface area contributed by atoms with Crippen molar-refractivity contribution in [1.82, 2.24) is 10.2 Å². The average Bonchev–Trinajstić information content (AvgIpc) is 2.55. The number of carbonyl (C=O) groups is 1. The molecule has 1 aromatic heterocycles. The number of nitrogens with two attached hydrogens (primary N) is 1. The van der Waals surface area contributed by atoms with Crippen LogP contribution < -0.4 is 5.73 Å². The van der Waals surface area contributed by atoms with Crippen LogP contribution in [-0.4, -0.2) is 16.1 Å². The predicted molar refractivity (Wildman–Crippen MR) is 88.4 cm³/mol. The first kappa shape index (κ1) is 14.5. The van der Waals surface area contributed by atoms with E-state index in [1.807, 2.05) is 42.5 Å². The van der Waals surface area contributed by atoms with Gasteiger partial charge in [-0.2, -0.15) is 5.10 Å². The summed E-state index contributed by atoms with van der Waals surface area (Å²) in [6.45, 7) is 0. The molecule has 4 nitrogen and oxygen atoms in total. The average molecular weight is 309 g/mol. The second-order valence-corrected chi connectivity index (χ2v) is 5.88. The number of benzene rings is 2. The standard InChI is InChI=1S/C17H15N3OS/c18-16(21)10-15-13-8-4-5-9-14(13)17(20-19-15)22-11-12-6-2-1-3-7-12/h1-9H,10-11H2,(H2,18,21). The maximum atomic E-state index is 11.2. The van der Waals surface area contributed by atoms with Crippen LogP contribution in [0.4, 0.5) is 0 Å². The van der Waals surface area contributed by atoms with Gasteiger partial charge in [0.2, 0.25) is 5.91 Å². The van der Waals surface area contributed by atoms with Gasteiger partial charge in [0.1, 0.15) is 5.03 Å². The number of nitrogens with zero attached hydrogens (tertiary/aromatic N) is 2. The molecule has 0 saturated heterocycles. The lowest BCUT2D eigenvalue weighted by Crippen LogP contribution is -2.15. The number of amides is 1. The van der Waals surface area contributed by atoms with Gasteiger partial charge in [-0.15, -0.1) is 5.10 Å². The summed E-state index contributed by atoms with van der Waals surface area (Å²) in [4.78, 5) is 11.2. The number of hydrogen-bond acceptors (Lipinski definition) is 4. The molecular weight excluding hydrogens is 294 g/mol. The highest BCUT2D eigenvalue weighted by Crippen LogP contribution is 2.29. The van der Waals surface area contributed by atoms with Gasteiger partial charge in [0.15, 0.2) is 0 Å². The normalized spacial score (nSPS) is 10.7. The first-order chi connectivity index (χ1) is 10.7. The molecule has 0 unspecified atom stereocenters. The molecule has 0 saturated carbocycles. The lowest BCUT2D eigenvalue weighted by molar-refractivity contribution is -0.117. The molecule has 0 aliphatic carbocycles. The first-order valence-corrected chi connectivity index (χ1v) is 7.92. The van der Waals surface area contributed by atoms with Crippen LogP contribution in [0.5, 0.6) is 0 Å². The number of rotatable bonds is 5. The Balaban J connectivity index is 1.92. The quantitative estimate of drug-likeness (QED) is 0.736. The molecule has 0 atom stereocenters. The summed E-state index contributed by atoms with van der Waals surface area (Å²) >= 11 is 1.64. The summed E-state index contributed by atoms with van der Waals surface area (Å²) in [5, 5.41) is 11.3. The van der Waals surface area contributed by atoms with Crippen molar-refractivity contribution < 1.29 is 4.79 Å². The minimum Gasteiger partial charge on any atom is -0.369 e. The number of primary amides is 1. The van der Waals surface area contributed by atoms with Gasteiger partial charge in [-0.3, -0.25) is 4.79 Å². The van der Waals surface area contributed by atoms with E-state index in [-0.39, 0.29) is 6.42 Å². The van der Waals surface area contributed by atoms with Crippen LogP contribution in [0.15, 0.2) is 59.6 Å². The summed E-state index contributed by atoms with van der Waals surface area (Å²) in [5.41, 5.74) is 7.14. The molecule has 3 aromatic rings. The topological polar surface area (TPSA) is 68.9 Å². The summed E-state index contributed by atoms with van der Waals surface area (Å²) in [7, 11) is 0. The van der Waals surface area contributed by atoms with Crippen molar-refractivity contribution in [1.29, 1.82) is 0 Å². The van der Waals surface area contributed by atoms with E-state index in [1.165, 1.54) is 5.56 Å². The Morgan fingerprint density at radius 3 is 2.36 bits per heavy atom. The molecule has 5 heteroatoms. The van der Waals surface area contributed by atoms with Crippen LogP contribution in [0.1, 0.15) is 11.3 Å². The van der Waals surface area contributed by atoms with Gasteiger partial charge in [0.05, 0.1) is 12.1 Å². The second-order valence-electron chi connectivity index (χ2n) is 4.91. The number of hydrogen-bond donors (Lipinski definition) is 1. The largest absolute Gasteiger partial charge is 0.369 e. The van der Waals surface area contributed by atoms with Crippen LogP contribution in [0.2, 0.25) is 0 Å². The first-order valence-electron chi connectivity index (χ1n) is 6.93. The molecule has 3 rings (SSSR count). The summed E-state index contributed by atoms with van der Waals surface area (Å²) in [6.07, 6.45) is 0.108. The molecule has 1 amide bonds. The molecule has 0 aliphatic heterocycles. The Labute approximate surface area is 132 Å². The molecule has 0 bridgehead atoms. The maximum absolute atomic E-state index is 11.2. The van der Waals surface area contributed by atoms with E-state index in [4.69, 9.17) is 5.73 Å². The monoisotopic (exact) mass is 309 g/mol. The van der Waals surface area contributed by atoms with E-state index < -0.39 is 5.91 Å². The number of fused-ring (bicyclic) bond motifs is 1. The highest BCUT2D eigenvalue weighted by Gasteiger charge is 2.11. The molecule has 22 heavy (non-hydrogen) atoms. The lowest BCUT2D eigenvalue weighted by atomic mass is 10.1. The highest BCUT2D eigenvalue weighted by molar-refractivity contribution is 7.98. The third-order valence-corrected chi connectivity index (χ3v) is 4.34. The Bertz CT molecular complexity index is 805. The van der Waals surface area contributed by atoms with E-state index in [1.54, 1.807) is 11.8 Å². The molecule has 0 aliphatic rings. The minimum atomic E-state index is -0.399. The number of aromatic nitrogens is 2. The fourth-order valence-electron chi connectivity index (χ4n) is 2.26. The van der Waals surface area contributed by atoms with Crippen LogP contribution in [-0.2, 0) is 17.0 Å². The van der Waals surface area contributed by atoms with E-state index in [9.17, 15) is 4.79 Å². The predicted octanol–water partition coefficient (Wildman–Crippen LogP) is 2.95. The molecule has 2 aromatic carbocycles. The van der Waals surface area contributed by atoms with Crippen molar-refractivity contribution in [3.8, 4) is 0 Å². The highest BCUT2D eigenvalue weighted by atomic mass is 32.2. The van der Waals surface area contributed by atoms with Crippen LogP contribution in [0, 0.1) is 0 Å². The Hall–Kier alpha value is -2.40. The molecule has 110 valence electrons. The molecule has 0 spiro atoms. The van der Waals surface area contributed by atoms with Crippen molar-refractivity contribution in [3.05, 3.63) is 65.9 Å². The van der Waals surface area contributed by atoms with Crippen molar-refractivity contribution in [2.24, 2.45) is 5.73 Å². The van der Waals surface area contributed by atoms with Gasteiger partial charge in [0.25, 0.3) is 0 Å². The maximum Gasteiger partial charge on any atom is 0.223 e. The Morgan fingerprint density at radius 1 is 0.955 bits per heavy atom. The van der Waals surface area contributed by atoms with Gasteiger partial charge in [-0.25, -0.2) is 0 Å². The van der Waals surface area contributed by atoms with Crippen molar-refractivity contribution in [2.75, 3.05) is 0 Å². The van der Waals surface area contributed by atoms with E-state index in [0.717, 1.165) is 21.6 Å². The van der Waals surface area contributed by atoms with Crippen LogP contribution >= 0.6 is 11.8 Å². The molecule has 0 fully saturated rings. The third kappa shape index (κ3) is 3.26. The number of carbonyl (C=O) groups excluding carboxylic acids is 1. The van der Waals surface area contributed by atoms with Gasteiger partial charge < -0.3 is 5.73 Å². The van der Waals surface area contributed by atoms with E-state index in [2.05, 4.69) is 22.3 Å². The zero-order valence-electron chi connectivity index (χ0n) is 11.9. The lowest BCUT2D eigenvalue weighted by Gasteiger charge is -2.08. The Morgan fingerprint density at radius 2 is 1.64 bits per heavy atom. The van der Waals surface area contributed by atoms with Crippen molar-refractivity contribution in [2.45, 2.75) is 17.2 Å². The van der Waals surface area contributed by atoms with E-state index >= 15 is 0 Å². The van der Waals surface area contributed by atoms with Crippen LogP contribution in [0.3, 0.4) is 0 Å². The zero-order chi connectivity index (χ0) is 15.4. The van der Waals surface area contributed by atoms with Crippen molar-refractivity contribution in [3.63, 3.8) is 0 Å². The molecule has 0 radical (unpaired) electrons. The molecular formula is C17H15N3OS. The fraction of sp³-hybridized carbons (Fsp3) is 0.118. The van der Waals surface area contributed by atoms with Gasteiger partial charge >= 0.3 is 0 Å². The van der Waals surface area contributed by atoms with Gasteiger partial charge in [0, 0.05) is 16.5 Å². The molecule has 2 N–H and O–H groups in total. The fourth-order valence-corrected chi connectivity index (χ4v) is 3.19. The SMILES string of the molecule is NC(=O)Cc1nnc(SCc2ccccc2)c2ccccc12. The van der Waals surface area contributed by atoms with Crippen LogP contribution in [0.25, 0.3) is 10.8 Å². The summed E-state index contributed by atoms with van der Waals surface area (Å²) in [5.74, 6) is 0.429. The molecule has 1 heterocycles. The number of thioether (sulfide) groups is 1. The van der Waals surface area contributed by atoms with Gasteiger partial charge in [-0.05, 0) is 5.56 Å².